The number of aryl methyl sites for hydroxylation is 1. The highest BCUT2D eigenvalue weighted by atomic mass is 32.2. The summed E-state index contributed by atoms with van der Waals surface area (Å²) in [5.74, 6) is 0.156. The summed E-state index contributed by atoms with van der Waals surface area (Å²) in [6, 6.07) is 3.58. The van der Waals surface area contributed by atoms with Gasteiger partial charge in [-0.15, -0.1) is 0 Å². The van der Waals surface area contributed by atoms with Gasteiger partial charge >= 0.3 is 0 Å². The van der Waals surface area contributed by atoms with E-state index in [1.165, 1.54) is 8.99 Å². The molecule has 3 heterocycles. The third kappa shape index (κ3) is 4.51. The number of piperazine rings is 1. The quantitative estimate of drug-likeness (QED) is 0.689. The van der Waals surface area contributed by atoms with Gasteiger partial charge < -0.3 is 9.64 Å². The van der Waals surface area contributed by atoms with Gasteiger partial charge in [-0.1, -0.05) is 6.07 Å². The standard InChI is InChI=1S/C21H29N5O4S/c1-24-15-19(17-4-3-9-22-14-17)20(23-24)31(28,29)26-12-10-25(11-13-26)21(27)16-5-7-18(30-2)8-6-16/h3-4,9,14-16,18H,5-8,10-13H2,1-2H3. The molecule has 0 N–H and O–H groups in total. The maximum absolute atomic E-state index is 13.4. The largest absolute Gasteiger partial charge is 0.381 e. The van der Waals surface area contributed by atoms with Gasteiger partial charge in [0.15, 0.2) is 5.03 Å². The second-order valence-electron chi connectivity index (χ2n) is 8.20. The monoisotopic (exact) mass is 447 g/mol. The topological polar surface area (TPSA) is 97.6 Å². The van der Waals surface area contributed by atoms with Crippen molar-refractivity contribution in [3.05, 3.63) is 30.7 Å². The predicted octanol–water partition coefficient (Wildman–Crippen LogP) is 1.52. The Morgan fingerprint density at radius 3 is 2.45 bits per heavy atom. The molecule has 1 saturated heterocycles. The number of ether oxygens (including phenoxy) is 1. The van der Waals surface area contributed by atoms with Crippen molar-refractivity contribution in [2.75, 3.05) is 33.3 Å². The molecule has 0 atom stereocenters. The van der Waals surface area contributed by atoms with Crippen LogP contribution in [0.15, 0.2) is 35.7 Å². The van der Waals surface area contributed by atoms with Gasteiger partial charge in [0.05, 0.1) is 6.10 Å². The zero-order valence-electron chi connectivity index (χ0n) is 18.0. The first-order valence-corrected chi connectivity index (χ1v) is 12.1. The summed E-state index contributed by atoms with van der Waals surface area (Å²) in [6.07, 6.45) is 8.68. The van der Waals surface area contributed by atoms with Crippen molar-refractivity contribution in [2.24, 2.45) is 13.0 Å². The normalized spacial score (nSPS) is 23.1. The molecule has 4 rings (SSSR count). The molecule has 1 aliphatic heterocycles. The van der Waals surface area contributed by atoms with Crippen LogP contribution in [0.5, 0.6) is 0 Å². The fourth-order valence-electron chi connectivity index (χ4n) is 4.45. The number of methoxy groups -OCH3 is 1. The van der Waals surface area contributed by atoms with Crippen LogP contribution in [0.2, 0.25) is 0 Å². The Balaban J connectivity index is 1.44. The van der Waals surface area contributed by atoms with Crippen LogP contribution in [0.3, 0.4) is 0 Å². The van der Waals surface area contributed by atoms with Crippen LogP contribution in [0.1, 0.15) is 25.7 Å². The Hall–Kier alpha value is -2.30. The van der Waals surface area contributed by atoms with Crippen LogP contribution in [-0.4, -0.2) is 77.7 Å². The average molecular weight is 448 g/mol. The summed E-state index contributed by atoms with van der Waals surface area (Å²) in [5, 5.41) is 4.27. The zero-order valence-corrected chi connectivity index (χ0v) is 18.8. The fourth-order valence-corrected chi connectivity index (χ4v) is 6.02. The van der Waals surface area contributed by atoms with E-state index in [0.717, 1.165) is 25.7 Å². The number of rotatable bonds is 5. The predicted molar refractivity (Wildman–Crippen MR) is 115 cm³/mol. The number of sulfonamides is 1. The lowest BCUT2D eigenvalue weighted by molar-refractivity contribution is -0.138. The second kappa shape index (κ2) is 9.05. The fraction of sp³-hybridized carbons (Fsp3) is 0.571. The molecule has 0 radical (unpaired) electrons. The summed E-state index contributed by atoms with van der Waals surface area (Å²) >= 11 is 0. The van der Waals surface area contributed by atoms with Gasteiger partial charge in [-0.25, -0.2) is 8.42 Å². The number of carbonyl (C=O) groups is 1. The molecular formula is C21H29N5O4S. The maximum atomic E-state index is 13.4. The van der Waals surface area contributed by atoms with E-state index in [0.29, 0.717) is 24.2 Å². The van der Waals surface area contributed by atoms with E-state index in [2.05, 4.69) is 10.1 Å². The van der Waals surface area contributed by atoms with Gasteiger partial charge in [0.1, 0.15) is 0 Å². The van der Waals surface area contributed by atoms with Crippen LogP contribution in [0.25, 0.3) is 11.1 Å². The molecule has 168 valence electrons. The zero-order chi connectivity index (χ0) is 22.0. The summed E-state index contributed by atoms with van der Waals surface area (Å²) in [4.78, 5) is 18.8. The third-order valence-electron chi connectivity index (χ3n) is 6.26. The van der Waals surface area contributed by atoms with Crippen molar-refractivity contribution >= 4 is 15.9 Å². The highest BCUT2D eigenvalue weighted by molar-refractivity contribution is 7.89. The molecule has 2 aromatic heterocycles. The molecule has 2 aromatic rings. The second-order valence-corrected chi connectivity index (χ2v) is 10.1. The van der Waals surface area contributed by atoms with Crippen LogP contribution in [0.4, 0.5) is 0 Å². The summed E-state index contributed by atoms with van der Waals surface area (Å²) < 4.78 is 35.0. The van der Waals surface area contributed by atoms with Crippen LogP contribution in [-0.2, 0) is 26.6 Å². The number of aromatic nitrogens is 3. The number of nitrogens with zero attached hydrogens (tertiary/aromatic N) is 5. The molecule has 0 aromatic carbocycles. The molecular weight excluding hydrogens is 418 g/mol. The first-order valence-electron chi connectivity index (χ1n) is 10.7. The van der Waals surface area contributed by atoms with Gasteiger partial charge in [0.25, 0.3) is 10.0 Å². The Morgan fingerprint density at radius 1 is 1.13 bits per heavy atom. The van der Waals surface area contributed by atoms with E-state index in [9.17, 15) is 13.2 Å². The molecule has 9 nitrogen and oxygen atoms in total. The van der Waals surface area contributed by atoms with Gasteiger partial charge in [0, 0.05) is 76.0 Å². The van der Waals surface area contributed by atoms with Gasteiger partial charge in [-0.3, -0.25) is 14.5 Å². The van der Waals surface area contributed by atoms with Gasteiger partial charge in [-0.05, 0) is 31.7 Å². The first kappa shape index (κ1) is 21.9. The van der Waals surface area contributed by atoms with E-state index in [1.54, 1.807) is 38.8 Å². The molecule has 2 fully saturated rings. The summed E-state index contributed by atoms with van der Waals surface area (Å²) in [6.45, 7) is 1.34. The van der Waals surface area contributed by atoms with Crippen LogP contribution >= 0.6 is 0 Å². The number of hydrogen-bond donors (Lipinski definition) is 0. The maximum Gasteiger partial charge on any atom is 0.263 e. The summed E-state index contributed by atoms with van der Waals surface area (Å²) in [7, 11) is -0.367. The molecule has 10 heteroatoms. The Kier molecular flexibility index (Phi) is 6.40. The third-order valence-corrected chi connectivity index (χ3v) is 8.09. The van der Waals surface area contributed by atoms with Gasteiger partial charge in [0.2, 0.25) is 5.91 Å². The highest BCUT2D eigenvalue weighted by Crippen LogP contribution is 2.30. The van der Waals surface area contributed by atoms with E-state index < -0.39 is 10.0 Å². The van der Waals surface area contributed by atoms with Crippen molar-refractivity contribution in [2.45, 2.75) is 36.8 Å². The molecule has 0 spiro atoms. The number of hydrogen-bond acceptors (Lipinski definition) is 6. The number of pyridine rings is 1. The van der Waals surface area contributed by atoms with E-state index in [-0.39, 0.29) is 36.0 Å². The van der Waals surface area contributed by atoms with Crippen molar-refractivity contribution in [1.29, 1.82) is 0 Å². The lowest BCUT2D eigenvalue weighted by Gasteiger charge is -2.37. The number of carbonyl (C=O) groups excluding carboxylic acids is 1. The minimum absolute atomic E-state index is 0.0162. The van der Waals surface area contributed by atoms with Crippen LogP contribution in [0, 0.1) is 5.92 Å². The minimum Gasteiger partial charge on any atom is -0.381 e. The van der Waals surface area contributed by atoms with Gasteiger partial charge in [-0.2, -0.15) is 9.40 Å². The van der Waals surface area contributed by atoms with E-state index in [1.807, 2.05) is 11.0 Å². The van der Waals surface area contributed by atoms with E-state index in [4.69, 9.17) is 4.74 Å². The smallest absolute Gasteiger partial charge is 0.263 e. The first-order chi connectivity index (χ1) is 14.9. The van der Waals surface area contributed by atoms with Crippen molar-refractivity contribution < 1.29 is 17.9 Å². The summed E-state index contributed by atoms with van der Waals surface area (Å²) in [5.41, 5.74) is 1.23. The SMILES string of the molecule is COC1CCC(C(=O)N2CCN(S(=O)(=O)c3nn(C)cc3-c3cccnc3)CC2)CC1. The molecule has 0 bridgehead atoms. The minimum atomic E-state index is -3.79. The molecule has 1 aliphatic carbocycles. The number of amides is 1. The lowest BCUT2D eigenvalue weighted by Crippen LogP contribution is -2.52. The highest BCUT2D eigenvalue weighted by Gasteiger charge is 2.36. The average Bonchev–Trinajstić information content (AvgIpc) is 3.22. The molecule has 31 heavy (non-hydrogen) atoms. The Bertz CT molecular complexity index is 1010. The van der Waals surface area contributed by atoms with Crippen LogP contribution < -0.4 is 0 Å². The molecule has 1 amide bonds. The molecule has 1 saturated carbocycles. The Labute approximate surface area is 183 Å². The van der Waals surface area contributed by atoms with Crippen molar-refractivity contribution in [1.82, 2.24) is 24.0 Å². The lowest BCUT2D eigenvalue weighted by atomic mass is 9.86. The van der Waals surface area contributed by atoms with Crippen molar-refractivity contribution in [3.8, 4) is 11.1 Å². The van der Waals surface area contributed by atoms with E-state index >= 15 is 0 Å². The Morgan fingerprint density at radius 2 is 1.84 bits per heavy atom. The van der Waals surface area contributed by atoms with Crippen molar-refractivity contribution in [3.63, 3.8) is 0 Å². The molecule has 0 unspecified atom stereocenters. The molecule has 2 aliphatic rings.